The highest BCUT2D eigenvalue weighted by molar-refractivity contribution is 9.10. The van der Waals surface area contributed by atoms with Gasteiger partial charge in [-0.15, -0.1) is 0 Å². The summed E-state index contributed by atoms with van der Waals surface area (Å²) in [6.07, 6.45) is 3.48. The maximum Gasteiger partial charge on any atom is 0.335 e. The zero-order valence-electron chi connectivity index (χ0n) is 14.2. The van der Waals surface area contributed by atoms with E-state index >= 15 is 0 Å². The number of carbonyl (C=O) groups excluding carboxylic acids is 1. The first-order valence-electron chi connectivity index (χ1n) is 8.06. The molecule has 0 saturated heterocycles. The summed E-state index contributed by atoms with van der Waals surface area (Å²) >= 11 is 3.44. The van der Waals surface area contributed by atoms with Crippen LogP contribution in [0.5, 0.6) is 5.75 Å². The Morgan fingerprint density at radius 1 is 1.23 bits per heavy atom. The zero-order valence-corrected chi connectivity index (χ0v) is 15.8. The molecule has 0 spiro atoms. The number of hydrazone groups is 1. The number of nitrogens with one attached hydrogen (secondary N) is 1. The van der Waals surface area contributed by atoms with Gasteiger partial charge in [-0.2, -0.15) is 5.10 Å². The van der Waals surface area contributed by atoms with Crippen molar-refractivity contribution < 1.29 is 19.4 Å². The molecular weight excluding hydrogens is 400 g/mol. The minimum atomic E-state index is -0.993. The number of nitrogens with zero attached hydrogens (tertiary/aromatic N) is 1. The quantitative estimate of drug-likeness (QED) is 0.505. The van der Waals surface area contributed by atoms with Gasteiger partial charge in [0.2, 0.25) is 0 Å². The van der Waals surface area contributed by atoms with E-state index in [9.17, 15) is 9.59 Å². The lowest BCUT2D eigenvalue weighted by atomic mass is 10.1. The second-order valence-electron chi connectivity index (χ2n) is 5.52. The number of carboxylic acids is 1. The molecule has 0 aliphatic heterocycles. The fraction of sp³-hybridized carbons (Fsp3) is 0.211. The van der Waals surface area contributed by atoms with Gasteiger partial charge in [-0.05, 0) is 57.7 Å². The van der Waals surface area contributed by atoms with Crippen LogP contribution >= 0.6 is 15.9 Å². The largest absolute Gasteiger partial charge is 0.483 e. The minimum Gasteiger partial charge on any atom is -0.483 e. The van der Waals surface area contributed by atoms with Gasteiger partial charge in [0.05, 0.1) is 16.3 Å². The van der Waals surface area contributed by atoms with E-state index in [-0.39, 0.29) is 12.2 Å². The van der Waals surface area contributed by atoms with Gasteiger partial charge in [0, 0.05) is 0 Å². The van der Waals surface area contributed by atoms with Crippen LogP contribution in [0.4, 0.5) is 0 Å². The van der Waals surface area contributed by atoms with Gasteiger partial charge >= 0.3 is 5.97 Å². The first-order valence-corrected chi connectivity index (χ1v) is 8.85. The molecule has 0 fully saturated rings. The summed E-state index contributed by atoms with van der Waals surface area (Å²) in [5.74, 6) is -0.797. The number of carbonyl (C=O) groups is 2. The summed E-state index contributed by atoms with van der Waals surface area (Å²) in [7, 11) is 0. The molecule has 2 N–H and O–H groups in total. The molecule has 2 aromatic carbocycles. The molecule has 0 radical (unpaired) electrons. The van der Waals surface area contributed by atoms with Crippen LogP contribution in [-0.4, -0.2) is 29.8 Å². The summed E-state index contributed by atoms with van der Waals surface area (Å²) in [5, 5.41) is 12.7. The second kappa shape index (κ2) is 9.72. The highest BCUT2D eigenvalue weighted by Crippen LogP contribution is 2.26. The van der Waals surface area contributed by atoms with Crippen molar-refractivity contribution in [1.82, 2.24) is 5.43 Å². The van der Waals surface area contributed by atoms with Crippen molar-refractivity contribution >= 4 is 34.0 Å². The summed E-state index contributed by atoms with van der Waals surface area (Å²) < 4.78 is 6.28. The van der Waals surface area contributed by atoms with Crippen LogP contribution in [-0.2, 0) is 11.2 Å². The van der Waals surface area contributed by atoms with Gasteiger partial charge in [-0.3, -0.25) is 4.79 Å². The number of amides is 1. The number of ether oxygens (including phenoxy) is 1. The molecule has 136 valence electrons. The van der Waals surface area contributed by atoms with Crippen molar-refractivity contribution in [2.45, 2.75) is 19.8 Å². The number of rotatable bonds is 8. The number of aryl methyl sites for hydroxylation is 1. The lowest BCUT2D eigenvalue weighted by Gasteiger charge is -2.08. The molecule has 0 aliphatic rings. The predicted molar refractivity (Wildman–Crippen MR) is 103 cm³/mol. The zero-order chi connectivity index (χ0) is 18.9. The summed E-state index contributed by atoms with van der Waals surface area (Å²) in [6, 6.07) is 11.9. The first kappa shape index (κ1) is 19.7. The van der Waals surface area contributed by atoms with Gasteiger partial charge in [-0.1, -0.05) is 31.5 Å². The molecule has 2 aromatic rings. The third-order valence-corrected chi connectivity index (χ3v) is 4.07. The maximum atomic E-state index is 11.8. The Morgan fingerprint density at radius 2 is 1.96 bits per heavy atom. The van der Waals surface area contributed by atoms with Crippen LogP contribution in [0.2, 0.25) is 0 Å². The third-order valence-electron chi connectivity index (χ3n) is 3.45. The van der Waals surface area contributed by atoms with Crippen LogP contribution in [0.1, 0.15) is 34.8 Å². The summed E-state index contributed by atoms with van der Waals surface area (Å²) in [4.78, 5) is 22.6. The molecule has 0 bridgehead atoms. The van der Waals surface area contributed by atoms with Crippen LogP contribution in [0, 0.1) is 0 Å². The molecular formula is C19H19BrN2O4. The van der Waals surface area contributed by atoms with Gasteiger partial charge < -0.3 is 9.84 Å². The number of benzene rings is 2. The molecule has 0 saturated carbocycles. The van der Waals surface area contributed by atoms with Crippen LogP contribution in [0.15, 0.2) is 52.0 Å². The Balaban J connectivity index is 1.82. The molecule has 1 amide bonds. The van der Waals surface area contributed by atoms with E-state index < -0.39 is 11.9 Å². The average Bonchev–Trinajstić information content (AvgIpc) is 2.62. The highest BCUT2D eigenvalue weighted by atomic mass is 79.9. The molecule has 6 nitrogen and oxygen atoms in total. The normalized spacial score (nSPS) is 10.7. The average molecular weight is 419 g/mol. The van der Waals surface area contributed by atoms with Crippen LogP contribution < -0.4 is 10.2 Å². The lowest BCUT2D eigenvalue weighted by Crippen LogP contribution is -2.24. The highest BCUT2D eigenvalue weighted by Gasteiger charge is 2.06. The fourth-order valence-electron chi connectivity index (χ4n) is 2.17. The number of hydrogen-bond acceptors (Lipinski definition) is 4. The van der Waals surface area contributed by atoms with E-state index in [2.05, 4.69) is 33.4 Å². The number of hydrogen-bond donors (Lipinski definition) is 2. The van der Waals surface area contributed by atoms with E-state index in [0.29, 0.717) is 11.3 Å². The Kier molecular flexibility index (Phi) is 7.35. The maximum absolute atomic E-state index is 11.8. The van der Waals surface area contributed by atoms with Crippen molar-refractivity contribution in [2.75, 3.05) is 6.61 Å². The van der Waals surface area contributed by atoms with E-state index in [1.165, 1.54) is 23.9 Å². The van der Waals surface area contributed by atoms with E-state index in [0.717, 1.165) is 17.3 Å². The fourth-order valence-corrected chi connectivity index (χ4v) is 2.71. The molecule has 0 atom stereocenters. The van der Waals surface area contributed by atoms with Gasteiger partial charge in [0.25, 0.3) is 5.91 Å². The van der Waals surface area contributed by atoms with Crippen molar-refractivity contribution in [3.05, 3.63) is 63.6 Å². The van der Waals surface area contributed by atoms with Gasteiger partial charge in [0.15, 0.2) is 6.61 Å². The van der Waals surface area contributed by atoms with Crippen molar-refractivity contribution in [1.29, 1.82) is 0 Å². The summed E-state index contributed by atoms with van der Waals surface area (Å²) in [5.41, 5.74) is 4.43. The monoisotopic (exact) mass is 418 g/mol. The van der Waals surface area contributed by atoms with Crippen molar-refractivity contribution in [3.8, 4) is 5.75 Å². The molecule has 0 aliphatic carbocycles. The van der Waals surface area contributed by atoms with E-state index in [1.54, 1.807) is 12.1 Å². The van der Waals surface area contributed by atoms with Crippen LogP contribution in [0.3, 0.4) is 0 Å². The number of aromatic carboxylic acids is 1. The van der Waals surface area contributed by atoms with Crippen molar-refractivity contribution in [3.63, 3.8) is 0 Å². The molecule has 0 heterocycles. The van der Waals surface area contributed by atoms with E-state index in [1.807, 2.05) is 18.2 Å². The number of carboxylic acid groups (broad SMARTS) is 1. The lowest BCUT2D eigenvalue weighted by molar-refractivity contribution is -0.123. The topological polar surface area (TPSA) is 88.0 Å². The Bertz CT molecular complexity index is 804. The SMILES string of the molecule is CCCc1ccc(OCC(=O)N/N=C/c2ccc(C(=O)O)cc2)c(Br)c1. The predicted octanol–water partition coefficient (Wildman–Crippen LogP) is 3.63. The third kappa shape index (κ3) is 6.00. The standard InChI is InChI=1S/C19H19BrN2O4/c1-2-3-13-6-9-17(16(20)10-13)26-12-18(23)22-21-11-14-4-7-15(8-5-14)19(24)25/h4-11H,2-3,12H2,1H3,(H,22,23)(H,24,25)/b21-11+. The molecule has 26 heavy (non-hydrogen) atoms. The molecule has 2 rings (SSSR count). The Morgan fingerprint density at radius 3 is 2.58 bits per heavy atom. The Labute approximate surface area is 160 Å². The van der Waals surface area contributed by atoms with Gasteiger partial charge in [0.1, 0.15) is 5.75 Å². The smallest absolute Gasteiger partial charge is 0.335 e. The van der Waals surface area contributed by atoms with E-state index in [4.69, 9.17) is 9.84 Å². The Hall–Kier alpha value is -2.67. The first-order chi connectivity index (χ1) is 12.5. The van der Waals surface area contributed by atoms with Crippen molar-refractivity contribution in [2.24, 2.45) is 5.10 Å². The molecule has 7 heteroatoms. The minimum absolute atomic E-state index is 0.166. The second-order valence-corrected chi connectivity index (χ2v) is 6.38. The van der Waals surface area contributed by atoms with Gasteiger partial charge in [-0.25, -0.2) is 10.2 Å². The summed E-state index contributed by atoms with van der Waals surface area (Å²) in [6.45, 7) is 1.95. The molecule has 0 aromatic heterocycles. The molecule has 0 unspecified atom stereocenters. The van der Waals surface area contributed by atoms with Crippen LogP contribution in [0.25, 0.3) is 0 Å². The number of halogens is 1.